The van der Waals surface area contributed by atoms with Crippen molar-refractivity contribution in [2.45, 2.75) is 25.5 Å². The first-order valence-corrected chi connectivity index (χ1v) is 5.09. The van der Waals surface area contributed by atoms with Crippen molar-refractivity contribution in [2.24, 2.45) is 5.92 Å². The Morgan fingerprint density at radius 1 is 1.71 bits per heavy atom. The van der Waals surface area contributed by atoms with Crippen molar-refractivity contribution in [1.29, 1.82) is 0 Å². The third kappa shape index (κ3) is 2.69. The Morgan fingerprint density at radius 2 is 2.43 bits per heavy atom. The predicted octanol–water partition coefficient (Wildman–Crippen LogP) is 0.0876. The summed E-state index contributed by atoms with van der Waals surface area (Å²) < 4.78 is 5.39. The monoisotopic (exact) mass is 200 g/mol. The predicted molar refractivity (Wildman–Crippen MR) is 55.1 cm³/mol. The molecule has 0 aliphatic carbocycles. The van der Waals surface area contributed by atoms with Crippen LogP contribution in [0.2, 0.25) is 0 Å². The summed E-state index contributed by atoms with van der Waals surface area (Å²) in [5.41, 5.74) is 0. The summed E-state index contributed by atoms with van der Waals surface area (Å²) in [6.07, 6.45) is 1.98. The van der Waals surface area contributed by atoms with E-state index in [0.29, 0.717) is 12.6 Å². The van der Waals surface area contributed by atoms with Crippen molar-refractivity contribution in [3.63, 3.8) is 0 Å². The largest absolute Gasteiger partial charge is 0.378 e. The van der Waals surface area contributed by atoms with Crippen LogP contribution in [0.1, 0.15) is 13.3 Å². The molecular weight excluding hydrogens is 180 g/mol. The first kappa shape index (κ1) is 11.5. The quantitative estimate of drug-likeness (QED) is 0.639. The standard InChI is InChI=1S/C10H20N2O2/c1-8-4-9(12(2)6-8)10(14-3)5-11-7-13/h7-10H,4-6H2,1-3H3,(H,11,13). The van der Waals surface area contributed by atoms with Crippen LogP contribution in [0.15, 0.2) is 0 Å². The number of amides is 1. The maximum atomic E-state index is 10.2. The number of likely N-dealkylation sites (tertiary alicyclic amines) is 1. The van der Waals surface area contributed by atoms with E-state index in [-0.39, 0.29) is 6.10 Å². The molecule has 0 saturated carbocycles. The third-order valence-electron chi connectivity index (χ3n) is 2.94. The second kappa shape index (κ2) is 5.32. The fraction of sp³-hybridized carbons (Fsp3) is 0.900. The Hall–Kier alpha value is -0.610. The highest BCUT2D eigenvalue weighted by Crippen LogP contribution is 2.24. The van der Waals surface area contributed by atoms with Crippen molar-refractivity contribution in [1.82, 2.24) is 10.2 Å². The summed E-state index contributed by atoms with van der Waals surface area (Å²) in [6, 6.07) is 0.433. The maximum Gasteiger partial charge on any atom is 0.207 e. The van der Waals surface area contributed by atoms with Gasteiger partial charge in [0, 0.05) is 26.2 Å². The van der Waals surface area contributed by atoms with Crippen molar-refractivity contribution < 1.29 is 9.53 Å². The highest BCUT2D eigenvalue weighted by atomic mass is 16.5. The van der Waals surface area contributed by atoms with Crippen LogP contribution in [0, 0.1) is 5.92 Å². The minimum atomic E-state index is 0.107. The number of nitrogens with zero attached hydrogens (tertiary/aromatic N) is 1. The number of likely N-dealkylation sites (N-methyl/N-ethyl adjacent to an activating group) is 1. The van der Waals surface area contributed by atoms with Gasteiger partial charge in [-0.05, 0) is 19.4 Å². The van der Waals surface area contributed by atoms with Gasteiger partial charge in [0.15, 0.2) is 0 Å². The molecule has 0 aromatic heterocycles. The lowest BCUT2D eigenvalue weighted by molar-refractivity contribution is -0.110. The van der Waals surface area contributed by atoms with E-state index in [1.807, 2.05) is 0 Å². The minimum absolute atomic E-state index is 0.107. The molecule has 1 N–H and O–H groups in total. The van der Waals surface area contributed by atoms with E-state index in [4.69, 9.17) is 4.74 Å². The molecule has 1 fully saturated rings. The number of carbonyl (C=O) groups excluding carboxylic acids is 1. The summed E-state index contributed by atoms with van der Waals surface area (Å²) >= 11 is 0. The summed E-state index contributed by atoms with van der Waals surface area (Å²) in [4.78, 5) is 12.5. The number of rotatable bonds is 5. The van der Waals surface area contributed by atoms with Crippen LogP contribution in [-0.4, -0.2) is 50.7 Å². The lowest BCUT2D eigenvalue weighted by Crippen LogP contribution is -2.43. The Kier molecular flexibility index (Phi) is 4.35. The average molecular weight is 200 g/mol. The van der Waals surface area contributed by atoms with E-state index in [1.54, 1.807) is 7.11 Å². The second-order valence-electron chi connectivity index (χ2n) is 4.15. The van der Waals surface area contributed by atoms with Gasteiger partial charge in [0.2, 0.25) is 6.41 Å². The maximum absolute atomic E-state index is 10.2. The fourth-order valence-electron chi connectivity index (χ4n) is 2.27. The van der Waals surface area contributed by atoms with Gasteiger partial charge >= 0.3 is 0 Å². The molecule has 1 amide bonds. The Morgan fingerprint density at radius 3 is 2.86 bits per heavy atom. The zero-order chi connectivity index (χ0) is 10.6. The van der Waals surface area contributed by atoms with Crippen LogP contribution in [0.25, 0.3) is 0 Å². The number of ether oxygens (including phenoxy) is 1. The molecule has 1 heterocycles. The number of methoxy groups -OCH3 is 1. The van der Waals surface area contributed by atoms with E-state index in [2.05, 4.69) is 24.2 Å². The zero-order valence-electron chi connectivity index (χ0n) is 9.19. The van der Waals surface area contributed by atoms with Crippen LogP contribution in [0.3, 0.4) is 0 Å². The fourth-order valence-corrected chi connectivity index (χ4v) is 2.27. The van der Waals surface area contributed by atoms with E-state index >= 15 is 0 Å². The van der Waals surface area contributed by atoms with Crippen LogP contribution in [0.5, 0.6) is 0 Å². The molecule has 0 aromatic carbocycles. The lowest BCUT2D eigenvalue weighted by Gasteiger charge is -2.27. The van der Waals surface area contributed by atoms with Gasteiger partial charge in [-0.2, -0.15) is 0 Å². The van der Waals surface area contributed by atoms with Crippen LogP contribution < -0.4 is 5.32 Å². The Balaban J connectivity index is 2.46. The zero-order valence-corrected chi connectivity index (χ0v) is 9.19. The van der Waals surface area contributed by atoms with Gasteiger partial charge in [0.25, 0.3) is 0 Å². The van der Waals surface area contributed by atoms with Gasteiger partial charge in [-0.1, -0.05) is 6.92 Å². The molecule has 4 heteroatoms. The number of hydrogen-bond acceptors (Lipinski definition) is 3. The molecule has 4 nitrogen and oxygen atoms in total. The smallest absolute Gasteiger partial charge is 0.207 e. The molecule has 3 unspecified atom stereocenters. The normalized spacial score (nSPS) is 30.2. The highest BCUT2D eigenvalue weighted by molar-refractivity contribution is 5.45. The topological polar surface area (TPSA) is 41.6 Å². The second-order valence-corrected chi connectivity index (χ2v) is 4.15. The van der Waals surface area contributed by atoms with Crippen LogP contribution in [-0.2, 0) is 9.53 Å². The van der Waals surface area contributed by atoms with E-state index in [0.717, 1.165) is 25.3 Å². The summed E-state index contributed by atoms with van der Waals surface area (Å²) in [5.74, 6) is 0.721. The Labute approximate surface area is 85.6 Å². The van der Waals surface area contributed by atoms with E-state index < -0.39 is 0 Å². The third-order valence-corrected chi connectivity index (χ3v) is 2.94. The molecule has 0 bridgehead atoms. The molecule has 0 radical (unpaired) electrons. The average Bonchev–Trinajstić information content (AvgIpc) is 2.47. The SMILES string of the molecule is COC(CNC=O)C1CC(C)CN1C. The molecule has 0 spiro atoms. The molecular formula is C10H20N2O2. The minimum Gasteiger partial charge on any atom is -0.378 e. The molecule has 1 saturated heterocycles. The molecule has 1 aliphatic heterocycles. The molecule has 82 valence electrons. The van der Waals surface area contributed by atoms with Crippen molar-refractivity contribution in [3.8, 4) is 0 Å². The first-order chi connectivity index (χ1) is 6.69. The van der Waals surface area contributed by atoms with Gasteiger partial charge < -0.3 is 15.0 Å². The summed E-state index contributed by atoms with van der Waals surface area (Å²) in [6.45, 7) is 3.96. The van der Waals surface area contributed by atoms with Gasteiger partial charge in [-0.3, -0.25) is 4.79 Å². The van der Waals surface area contributed by atoms with Gasteiger partial charge in [0.1, 0.15) is 0 Å². The highest BCUT2D eigenvalue weighted by Gasteiger charge is 2.32. The van der Waals surface area contributed by atoms with Crippen LogP contribution in [0.4, 0.5) is 0 Å². The van der Waals surface area contributed by atoms with Crippen molar-refractivity contribution >= 4 is 6.41 Å². The van der Waals surface area contributed by atoms with Gasteiger partial charge in [0.05, 0.1) is 6.10 Å². The van der Waals surface area contributed by atoms with Gasteiger partial charge in [-0.25, -0.2) is 0 Å². The summed E-state index contributed by atoms with van der Waals surface area (Å²) in [7, 11) is 3.81. The van der Waals surface area contributed by atoms with Crippen molar-refractivity contribution in [3.05, 3.63) is 0 Å². The molecule has 0 aromatic rings. The molecule has 3 atom stereocenters. The number of hydrogen-bond donors (Lipinski definition) is 1. The van der Waals surface area contributed by atoms with E-state index in [1.165, 1.54) is 0 Å². The first-order valence-electron chi connectivity index (χ1n) is 5.09. The van der Waals surface area contributed by atoms with Crippen molar-refractivity contribution in [2.75, 3.05) is 27.2 Å². The van der Waals surface area contributed by atoms with Crippen LogP contribution >= 0.6 is 0 Å². The molecule has 1 aliphatic rings. The molecule has 1 rings (SSSR count). The molecule has 14 heavy (non-hydrogen) atoms. The summed E-state index contributed by atoms with van der Waals surface area (Å²) in [5, 5.41) is 2.68. The van der Waals surface area contributed by atoms with Gasteiger partial charge in [-0.15, -0.1) is 0 Å². The number of nitrogens with one attached hydrogen (secondary N) is 1. The lowest BCUT2D eigenvalue weighted by atomic mass is 10.0. The number of carbonyl (C=O) groups is 1. The Bertz CT molecular complexity index is 187. The van der Waals surface area contributed by atoms with E-state index in [9.17, 15) is 4.79 Å².